The summed E-state index contributed by atoms with van der Waals surface area (Å²) in [6, 6.07) is 12.2. The molecule has 2 aliphatic rings. The monoisotopic (exact) mass is 594 g/mol. The first-order chi connectivity index (χ1) is 20.4. The molecule has 2 aromatic rings. The number of rotatable bonds is 13. The van der Waals surface area contributed by atoms with Crippen molar-refractivity contribution in [3.05, 3.63) is 70.8 Å². The van der Waals surface area contributed by atoms with Gasteiger partial charge in [-0.05, 0) is 86.4 Å². The summed E-state index contributed by atoms with van der Waals surface area (Å²) < 4.78 is 11.2. The maximum atomic E-state index is 13.1. The summed E-state index contributed by atoms with van der Waals surface area (Å²) >= 11 is 6.06. The fraction of sp³-hybridized carbons (Fsp3) is 0.500. The van der Waals surface area contributed by atoms with Crippen LogP contribution >= 0.6 is 11.6 Å². The summed E-state index contributed by atoms with van der Waals surface area (Å²) in [4.78, 5) is 39.4. The highest BCUT2D eigenvalue weighted by Gasteiger charge is 2.33. The third-order valence-corrected chi connectivity index (χ3v) is 8.53. The standard InChI is InChI=1S/C34H43ClN2O5/c1-2-41-34(40)30-16-10-9-13-24(30)12-7-5-3-4-6-8-17-32(38)37-23-25-18-19-29(20-26(25)21-31(37)33(36)39)42-28-15-11-14-27(35)22-28/h7,11-12,14-15,18-20,22,24,30-31H,2-6,8-10,13,16-17,21,23H2,1H3,(H2,36,39)/b12-7-/t24-,30+,31?/m1/s1. The van der Waals surface area contributed by atoms with Crippen LogP contribution in [0.2, 0.25) is 5.02 Å². The minimum Gasteiger partial charge on any atom is -0.466 e. The quantitative estimate of drug-likeness (QED) is 0.151. The summed E-state index contributed by atoms with van der Waals surface area (Å²) in [7, 11) is 0. The molecule has 3 atom stereocenters. The van der Waals surface area contributed by atoms with Gasteiger partial charge >= 0.3 is 5.97 Å². The smallest absolute Gasteiger partial charge is 0.309 e. The van der Waals surface area contributed by atoms with E-state index in [2.05, 4.69) is 12.2 Å². The molecule has 42 heavy (non-hydrogen) atoms. The van der Waals surface area contributed by atoms with Crippen molar-refractivity contribution in [3.8, 4) is 11.5 Å². The minimum absolute atomic E-state index is 0.00349. The molecule has 1 unspecified atom stereocenters. The van der Waals surface area contributed by atoms with E-state index >= 15 is 0 Å². The van der Waals surface area contributed by atoms with Gasteiger partial charge in [-0.3, -0.25) is 14.4 Å². The zero-order valence-electron chi connectivity index (χ0n) is 24.6. The van der Waals surface area contributed by atoms with E-state index in [0.29, 0.717) is 42.5 Å². The SMILES string of the molecule is CCOC(=O)[C@H]1CCCC[C@H]1/C=C\CCCCCCC(=O)N1Cc2ccc(Oc3cccc(Cl)c3)cc2CC1C(N)=O. The first-order valence-electron chi connectivity index (χ1n) is 15.3. The molecule has 1 aliphatic carbocycles. The van der Waals surface area contributed by atoms with Crippen LogP contribution in [0.5, 0.6) is 11.5 Å². The number of allylic oxidation sites excluding steroid dienone is 2. The van der Waals surface area contributed by atoms with E-state index in [0.717, 1.165) is 68.9 Å². The predicted molar refractivity (Wildman–Crippen MR) is 164 cm³/mol. The summed E-state index contributed by atoms with van der Waals surface area (Å²) in [6.07, 6.45) is 14.2. The Morgan fingerprint density at radius 1 is 1.00 bits per heavy atom. The van der Waals surface area contributed by atoms with Gasteiger partial charge in [0.25, 0.3) is 0 Å². The van der Waals surface area contributed by atoms with Gasteiger partial charge in [0.05, 0.1) is 12.5 Å². The minimum atomic E-state index is -0.672. The van der Waals surface area contributed by atoms with Crippen LogP contribution in [0.4, 0.5) is 0 Å². The normalized spacial score (nSPS) is 20.2. The molecule has 2 aromatic carbocycles. The van der Waals surface area contributed by atoms with E-state index in [-0.39, 0.29) is 23.7 Å². The molecule has 0 aromatic heterocycles. The van der Waals surface area contributed by atoms with Crippen molar-refractivity contribution >= 4 is 29.4 Å². The second kappa shape index (κ2) is 15.8. The van der Waals surface area contributed by atoms with Gasteiger partial charge in [0.15, 0.2) is 0 Å². The zero-order chi connectivity index (χ0) is 29.9. The molecule has 2 N–H and O–H groups in total. The van der Waals surface area contributed by atoms with Crippen LogP contribution in [0.1, 0.15) is 82.3 Å². The lowest BCUT2D eigenvalue weighted by molar-refractivity contribution is -0.150. The number of nitrogens with two attached hydrogens (primary N) is 1. The van der Waals surface area contributed by atoms with Gasteiger partial charge in [-0.2, -0.15) is 0 Å². The number of amides is 2. The second-order valence-electron chi connectivity index (χ2n) is 11.3. The van der Waals surface area contributed by atoms with Crippen LogP contribution in [0.3, 0.4) is 0 Å². The predicted octanol–water partition coefficient (Wildman–Crippen LogP) is 7.14. The molecule has 1 fully saturated rings. The largest absolute Gasteiger partial charge is 0.466 e. The molecule has 1 aliphatic heterocycles. The van der Waals surface area contributed by atoms with Gasteiger partial charge in [0, 0.05) is 24.4 Å². The summed E-state index contributed by atoms with van der Waals surface area (Å²) in [5, 5.41) is 0.588. The molecule has 1 heterocycles. The van der Waals surface area contributed by atoms with Crippen LogP contribution in [-0.2, 0) is 32.1 Å². The van der Waals surface area contributed by atoms with Crippen molar-refractivity contribution in [1.29, 1.82) is 0 Å². The van der Waals surface area contributed by atoms with Crippen molar-refractivity contribution in [2.45, 2.75) is 90.1 Å². The Kier molecular flexibility index (Phi) is 11.9. The van der Waals surface area contributed by atoms with Crippen molar-refractivity contribution < 1.29 is 23.9 Å². The van der Waals surface area contributed by atoms with E-state index in [1.165, 1.54) is 0 Å². The van der Waals surface area contributed by atoms with Crippen molar-refractivity contribution in [2.24, 2.45) is 17.6 Å². The van der Waals surface area contributed by atoms with E-state index in [1.54, 1.807) is 17.0 Å². The van der Waals surface area contributed by atoms with Crippen molar-refractivity contribution in [1.82, 2.24) is 4.90 Å². The van der Waals surface area contributed by atoms with Crippen LogP contribution in [0.15, 0.2) is 54.6 Å². The highest BCUT2D eigenvalue weighted by Crippen LogP contribution is 2.33. The summed E-state index contributed by atoms with van der Waals surface area (Å²) in [5.41, 5.74) is 7.69. The Bertz CT molecular complexity index is 1260. The number of carbonyl (C=O) groups excluding carboxylic acids is 3. The van der Waals surface area contributed by atoms with Crippen LogP contribution in [-0.4, -0.2) is 35.3 Å². The molecule has 0 spiro atoms. The number of carbonyl (C=O) groups is 3. The average molecular weight is 595 g/mol. The molecule has 0 saturated heterocycles. The number of unbranched alkanes of at least 4 members (excludes halogenated alkanes) is 4. The molecule has 0 radical (unpaired) electrons. The van der Waals surface area contributed by atoms with Crippen molar-refractivity contribution in [2.75, 3.05) is 6.61 Å². The molecule has 4 rings (SSSR count). The van der Waals surface area contributed by atoms with Gasteiger partial charge < -0.3 is 20.1 Å². The molecular formula is C34H43ClN2O5. The van der Waals surface area contributed by atoms with Gasteiger partial charge in [-0.25, -0.2) is 0 Å². The number of hydrogen-bond acceptors (Lipinski definition) is 5. The first-order valence-corrected chi connectivity index (χ1v) is 15.7. The molecule has 0 bridgehead atoms. The molecule has 8 heteroatoms. The Balaban J connectivity index is 1.21. The maximum absolute atomic E-state index is 13.1. The third-order valence-electron chi connectivity index (χ3n) is 8.29. The molecule has 2 amide bonds. The summed E-state index contributed by atoms with van der Waals surface area (Å²) in [5.74, 6) is 0.966. The molecule has 7 nitrogen and oxygen atoms in total. The van der Waals surface area contributed by atoms with E-state index in [1.807, 2.05) is 37.3 Å². The lowest BCUT2D eigenvalue weighted by Gasteiger charge is -2.35. The lowest BCUT2D eigenvalue weighted by atomic mass is 9.79. The number of nitrogens with zero attached hydrogens (tertiary/aromatic N) is 1. The number of esters is 1. The second-order valence-corrected chi connectivity index (χ2v) is 11.8. The Morgan fingerprint density at radius 3 is 2.57 bits per heavy atom. The molecule has 1 saturated carbocycles. The van der Waals surface area contributed by atoms with Gasteiger partial charge in [0.2, 0.25) is 11.8 Å². The Labute approximate surface area is 254 Å². The number of hydrogen-bond donors (Lipinski definition) is 1. The van der Waals surface area contributed by atoms with E-state index in [9.17, 15) is 14.4 Å². The fourth-order valence-corrected chi connectivity index (χ4v) is 6.22. The van der Waals surface area contributed by atoms with E-state index in [4.69, 9.17) is 26.8 Å². The number of fused-ring (bicyclic) bond motifs is 1. The highest BCUT2D eigenvalue weighted by molar-refractivity contribution is 6.30. The topological polar surface area (TPSA) is 98.9 Å². The average Bonchev–Trinajstić information content (AvgIpc) is 2.98. The van der Waals surface area contributed by atoms with Crippen molar-refractivity contribution in [3.63, 3.8) is 0 Å². The number of benzene rings is 2. The Morgan fingerprint density at radius 2 is 1.79 bits per heavy atom. The van der Waals surface area contributed by atoms with Gasteiger partial charge in [-0.1, -0.05) is 61.6 Å². The third kappa shape index (κ3) is 8.84. The number of ether oxygens (including phenoxy) is 2. The van der Waals surface area contributed by atoms with Gasteiger partial charge in [0.1, 0.15) is 17.5 Å². The van der Waals surface area contributed by atoms with Crippen LogP contribution in [0, 0.1) is 11.8 Å². The zero-order valence-corrected chi connectivity index (χ0v) is 25.3. The molecular weight excluding hydrogens is 552 g/mol. The lowest BCUT2D eigenvalue weighted by Crippen LogP contribution is -2.51. The Hall–Kier alpha value is -3.32. The molecule has 226 valence electrons. The number of halogens is 1. The van der Waals surface area contributed by atoms with Crippen LogP contribution in [0.25, 0.3) is 0 Å². The summed E-state index contributed by atoms with van der Waals surface area (Å²) in [6.45, 7) is 2.65. The number of primary amides is 1. The fourth-order valence-electron chi connectivity index (χ4n) is 6.04. The van der Waals surface area contributed by atoms with E-state index < -0.39 is 11.9 Å². The van der Waals surface area contributed by atoms with Gasteiger partial charge in [-0.15, -0.1) is 0 Å². The first kappa shape index (κ1) is 31.6. The highest BCUT2D eigenvalue weighted by atomic mass is 35.5. The maximum Gasteiger partial charge on any atom is 0.309 e. The van der Waals surface area contributed by atoms with Crippen LogP contribution < -0.4 is 10.5 Å².